The molecule has 5 nitrogen and oxygen atoms in total. The number of aliphatic hydroxyl groups is 1. The number of ether oxygens (including phenoxy) is 1. The Kier molecular flexibility index (Phi) is 6.92. The van der Waals surface area contributed by atoms with E-state index < -0.39 is 20.0 Å². The lowest BCUT2D eigenvalue weighted by atomic mass is 9.97. The average molecular weight is 360 g/mol. The summed E-state index contributed by atoms with van der Waals surface area (Å²) >= 11 is 0. The van der Waals surface area contributed by atoms with Crippen molar-refractivity contribution in [2.24, 2.45) is 0 Å². The molecule has 1 fully saturated rings. The quantitative estimate of drug-likeness (QED) is 0.766. The molecular formula is C18H37NO4Si. The highest BCUT2D eigenvalue weighted by atomic mass is 28.4. The Morgan fingerprint density at radius 3 is 2.29 bits per heavy atom. The topological polar surface area (TPSA) is 59.0 Å². The molecule has 142 valence electrons. The molecule has 1 heterocycles. The maximum absolute atomic E-state index is 12.4. The number of amides is 1. The summed E-state index contributed by atoms with van der Waals surface area (Å²) in [6.07, 6.45) is 1.34. The fourth-order valence-electron chi connectivity index (χ4n) is 2.58. The molecule has 1 rings (SSSR count). The zero-order valence-electron chi connectivity index (χ0n) is 16.8. The van der Waals surface area contributed by atoms with Gasteiger partial charge >= 0.3 is 6.09 Å². The second kappa shape index (κ2) is 7.75. The molecule has 0 aliphatic carbocycles. The molecular weight excluding hydrogens is 322 g/mol. The highest BCUT2D eigenvalue weighted by molar-refractivity contribution is 6.74. The Morgan fingerprint density at radius 1 is 1.21 bits per heavy atom. The lowest BCUT2D eigenvalue weighted by Gasteiger charge is -2.41. The predicted octanol–water partition coefficient (Wildman–Crippen LogP) is 4.16. The van der Waals surface area contributed by atoms with Gasteiger partial charge in [-0.1, -0.05) is 20.8 Å². The smallest absolute Gasteiger partial charge is 0.410 e. The first-order chi connectivity index (χ1) is 10.7. The molecule has 0 unspecified atom stereocenters. The van der Waals surface area contributed by atoms with E-state index in [-0.39, 0.29) is 17.2 Å². The largest absolute Gasteiger partial charge is 0.444 e. The van der Waals surface area contributed by atoms with Crippen LogP contribution in [-0.4, -0.2) is 55.3 Å². The summed E-state index contributed by atoms with van der Waals surface area (Å²) in [5.74, 6) is 0. The summed E-state index contributed by atoms with van der Waals surface area (Å²) in [4.78, 5) is 14.1. The fourth-order valence-corrected chi connectivity index (χ4v) is 3.64. The summed E-state index contributed by atoms with van der Waals surface area (Å²) in [6.45, 7) is 17.9. The van der Waals surface area contributed by atoms with Crippen molar-refractivity contribution >= 4 is 14.4 Å². The second-order valence-corrected chi connectivity index (χ2v) is 14.2. The second-order valence-electron chi connectivity index (χ2n) is 9.35. The van der Waals surface area contributed by atoms with Gasteiger partial charge in [0.2, 0.25) is 0 Å². The van der Waals surface area contributed by atoms with Crippen molar-refractivity contribution in [1.29, 1.82) is 0 Å². The predicted molar refractivity (Wildman–Crippen MR) is 99.7 cm³/mol. The van der Waals surface area contributed by atoms with E-state index in [2.05, 4.69) is 33.9 Å². The van der Waals surface area contributed by atoms with Gasteiger partial charge in [-0.15, -0.1) is 0 Å². The molecule has 24 heavy (non-hydrogen) atoms. The normalized spacial score (nSPS) is 23.3. The minimum atomic E-state index is -1.82. The van der Waals surface area contributed by atoms with E-state index in [1.807, 2.05) is 20.8 Å². The van der Waals surface area contributed by atoms with Gasteiger partial charge in [0.05, 0.1) is 12.1 Å². The van der Waals surface area contributed by atoms with Crippen LogP contribution in [0.4, 0.5) is 4.79 Å². The number of carbonyl (C=O) groups is 1. The molecule has 2 atom stereocenters. The third kappa shape index (κ3) is 6.04. The number of likely N-dealkylation sites (tertiary alicyclic amines) is 1. The van der Waals surface area contributed by atoms with Crippen molar-refractivity contribution in [3.63, 3.8) is 0 Å². The van der Waals surface area contributed by atoms with Crippen molar-refractivity contribution in [3.05, 3.63) is 0 Å². The maximum Gasteiger partial charge on any atom is 0.410 e. The van der Waals surface area contributed by atoms with Crippen LogP contribution in [-0.2, 0) is 9.16 Å². The third-order valence-electron chi connectivity index (χ3n) is 5.05. The van der Waals surface area contributed by atoms with Crippen molar-refractivity contribution in [2.75, 3.05) is 13.2 Å². The summed E-state index contributed by atoms with van der Waals surface area (Å²) in [5, 5.41) is 10.5. The summed E-state index contributed by atoms with van der Waals surface area (Å²) in [6, 6.07) is -0.224. The van der Waals surface area contributed by atoms with Crippen LogP contribution in [0.5, 0.6) is 0 Å². The number of carbonyl (C=O) groups excluding carboxylic acids is 1. The van der Waals surface area contributed by atoms with Gasteiger partial charge in [0.25, 0.3) is 0 Å². The first kappa shape index (κ1) is 21.4. The van der Waals surface area contributed by atoms with Gasteiger partial charge in [0.1, 0.15) is 5.60 Å². The van der Waals surface area contributed by atoms with Crippen LogP contribution < -0.4 is 0 Å². The minimum absolute atomic E-state index is 0.156. The van der Waals surface area contributed by atoms with E-state index in [0.29, 0.717) is 19.6 Å². The molecule has 1 saturated heterocycles. The average Bonchev–Trinajstić information content (AvgIpc) is 2.37. The van der Waals surface area contributed by atoms with Crippen molar-refractivity contribution in [1.82, 2.24) is 4.90 Å². The van der Waals surface area contributed by atoms with E-state index in [0.717, 1.165) is 12.8 Å². The Hall–Kier alpha value is -0.593. The molecule has 0 aromatic heterocycles. The molecule has 0 saturated carbocycles. The minimum Gasteiger partial charge on any atom is -0.444 e. The lowest BCUT2D eigenvalue weighted by molar-refractivity contribution is -0.0279. The first-order valence-electron chi connectivity index (χ1n) is 9.06. The van der Waals surface area contributed by atoms with Gasteiger partial charge in [0, 0.05) is 13.2 Å². The monoisotopic (exact) mass is 359 g/mol. The van der Waals surface area contributed by atoms with Crippen LogP contribution in [0.15, 0.2) is 0 Å². The van der Waals surface area contributed by atoms with Crippen LogP contribution in [0.25, 0.3) is 0 Å². The Bertz CT molecular complexity index is 426. The van der Waals surface area contributed by atoms with Gasteiger partial charge in [-0.2, -0.15) is 0 Å². The molecule has 1 aliphatic heterocycles. The van der Waals surface area contributed by atoms with E-state index in [9.17, 15) is 9.90 Å². The van der Waals surface area contributed by atoms with Crippen LogP contribution in [0.1, 0.15) is 60.8 Å². The molecule has 1 N–H and O–H groups in total. The van der Waals surface area contributed by atoms with Crippen molar-refractivity contribution in [2.45, 2.75) is 96.7 Å². The van der Waals surface area contributed by atoms with Crippen LogP contribution in [0.2, 0.25) is 18.1 Å². The van der Waals surface area contributed by atoms with Crippen molar-refractivity contribution in [3.8, 4) is 0 Å². The number of hydrogen-bond acceptors (Lipinski definition) is 4. The molecule has 0 bridgehead atoms. The van der Waals surface area contributed by atoms with Crippen molar-refractivity contribution < 1.29 is 19.1 Å². The van der Waals surface area contributed by atoms with E-state index in [1.165, 1.54) is 0 Å². The fraction of sp³-hybridized carbons (Fsp3) is 0.944. The van der Waals surface area contributed by atoms with E-state index in [1.54, 1.807) is 4.90 Å². The number of rotatable bonds is 4. The van der Waals surface area contributed by atoms with Gasteiger partial charge in [-0.3, -0.25) is 0 Å². The maximum atomic E-state index is 12.4. The SMILES string of the molecule is CC(C)(C)OC(=O)N1CCC[C@H](O)[C@H]1CCO[Si](C)(C)C(C)(C)C. The Balaban J connectivity index is 2.69. The van der Waals surface area contributed by atoms with Gasteiger partial charge in [-0.05, 0) is 58.2 Å². The Morgan fingerprint density at radius 2 is 1.79 bits per heavy atom. The molecule has 1 aliphatic rings. The van der Waals surface area contributed by atoms with Crippen LogP contribution in [0, 0.1) is 0 Å². The number of nitrogens with zero attached hydrogens (tertiary/aromatic N) is 1. The van der Waals surface area contributed by atoms with Gasteiger partial charge in [-0.25, -0.2) is 4.79 Å². The summed E-state index contributed by atoms with van der Waals surface area (Å²) in [5.41, 5.74) is -0.526. The van der Waals surface area contributed by atoms with Gasteiger partial charge < -0.3 is 19.2 Å². The summed E-state index contributed by atoms with van der Waals surface area (Å²) in [7, 11) is -1.82. The zero-order chi connectivity index (χ0) is 18.8. The number of piperidine rings is 1. The standard InChI is InChI=1S/C18H37NO4Si/c1-17(2,3)23-16(21)19-12-9-10-15(20)14(19)11-13-22-24(7,8)18(4,5)6/h14-15,20H,9-13H2,1-8H3/t14-,15+/m1/s1. The Labute approximate surface area is 148 Å². The third-order valence-corrected chi connectivity index (χ3v) is 9.59. The molecule has 6 heteroatoms. The van der Waals surface area contributed by atoms with Gasteiger partial charge in [0.15, 0.2) is 8.32 Å². The zero-order valence-corrected chi connectivity index (χ0v) is 17.8. The molecule has 0 spiro atoms. The highest BCUT2D eigenvalue weighted by Gasteiger charge is 2.39. The van der Waals surface area contributed by atoms with Crippen LogP contribution >= 0.6 is 0 Å². The first-order valence-corrected chi connectivity index (χ1v) is 12.0. The summed E-state index contributed by atoms with van der Waals surface area (Å²) < 4.78 is 11.7. The van der Waals surface area contributed by atoms with E-state index >= 15 is 0 Å². The lowest BCUT2D eigenvalue weighted by Crippen LogP contribution is -2.53. The number of hydrogen-bond donors (Lipinski definition) is 1. The molecule has 0 radical (unpaired) electrons. The van der Waals surface area contributed by atoms with E-state index in [4.69, 9.17) is 9.16 Å². The molecule has 0 aromatic rings. The number of aliphatic hydroxyl groups excluding tert-OH is 1. The molecule has 1 amide bonds. The molecule has 0 aromatic carbocycles. The highest BCUT2D eigenvalue weighted by Crippen LogP contribution is 2.36. The van der Waals surface area contributed by atoms with Crippen LogP contribution in [0.3, 0.4) is 0 Å².